The van der Waals surface area contributed by atoms with E-state index in [9.17, 15) is 19.0 Å². The molecule has 0 heterocycles. The second-order valence-corrected chi connectivity index (χ2v) is 6.32. The van der Waals surface area contributed by atoms with Gasteiger partial charge in [0.15, 0.2) is 0 Å². The van der Waals surface area contributed by atoms with Crippen LogP contribution in [0.3, 0.4) is 0 Å². The van der Waals surface area contributed by atoms with Gasteiger partial charge in [0.25, 0.3) is 0 Å². The third-order valence-electron chi connectivity index (χ3n) is 3.13. The molecule has 1 rings (SSSR count). The molecule has 3 unspecified atom stereocenters. The monoisotopic (exact) mass is 264 g/mol. The summed E-state index contributed by atoms with van der Waals surface area (Å²) in [4.78, 5) is 32.6. The first kappa shape index (κ1) is 14.4. The van der Waals surface area contributed by atoms with Crippen molar-refractivity contribution in [2.75, 3.05) is 13.7 Å². The molecule has 6 nitrogen and oxygen atoms in total. The molecule has 0 aromatic heterocycles. The molecule has 0 radical (unpaired) electrons. The summed E-state index contributed by atoms with van der Waals surface area (Å²) >= 11 is 0. The summed E-state index contributed by atoms with van der Waals surface area (Å²) in [6, 6.07) is 0. The Morgan fingerprint density at radius 2 is 1.88 bits per heavy atom. The molecule has 98 valence electrons. The van der Waals surface area contributed by atoms with Gasteiger partial charge in [0.1, 0.15) is 0 Å². The summed E-state index contributed by atoms with van der Waals surface area (Å²) in [6.07, 6.45) is 0. The quantitative estimate of drug-likeness (QED) is 0.592. The second kappa shape index (κ2) is 4.52. The summed E-state index contributed by atoms with van der Waals surface area (Å²) in [5.41, 5.74) is -1.56. The van der Waals surface area contributed by atoms with Crippen LogP contribution < -0.4 is 0 Å². The fourth-order valence-corrected chi connectivity index (χ4v) is 3.39. The molecular weight excluding hydrogens is 247 g/mol. The Hall–Kier alpha value is -0.710. The maximum Gasteiger partial charge on any atom is 0.394 e. The van der Waals surface area contributed by atoms with E-state index in [0.717, 1.165) is 0 Å². The Morgan fingerprint density at radius 1 is 1.35 bits per heavy atom. The number of ether oxygens (including phenoxy) is 1. The molecule has 1 aliphatic rings. The first-order valence-corrected chi connectivity index (χ1v) is 6.87. The third-order valence-corrected chi connectivity index (χ3v) is 4.57. The minimum absolute atomic E-state index is 0.0322. The standard InChI is InChI=1S/C10H17O6P/c1-5-16-17(13,14)9(12)7-6(8(11)15-4)10(7,2)3/h6-7H,5H2,1-4H3,(H,13,14). The normalized spacial score (nSPS) is 29.2. The molecule has 1 aliphatic carbocycles. The average molecular weight is 264 g/mol. The summed E-state index contributed by atoms with van der Waals surface area (Å²) in [6.45, 7) is 4.85. The lowest BCUT2D eigenvalue weighted by molar-refractivity contribution is -0.143. The van der Waals surface area contributed by atoms with Crippen LogP contribution >= 0.6 is 7.60 Å². The van der Waals surface area contributed by atoms with E-state index in [-0.39, 0.29) is 6.61 Å². The van der Waals surface area contributed by atoms with Gasteiger partial charge in [-0.2, -0.15) is 0 Å². The van der Waals surface area contributed by atoms with Crippen molar-refractivity contribution in [3.05, 3.63) is 0 Å². The highest BCUT2D eigenvalue weighted by Crippen LogP contribution is 2.65. The van der Waals surface area contributed by atoms with Gasteiger partial charge in [0.05, 0.1) is 19.6 Å². The molecule has 0 aliphatic heterocycles. The van der Waals surface area contributed by atoms with Crippen LogP contribution in [0.5, 0.6) is 0 Å². The van der Waals surface area contributed by atoms with E-state index >= 15 is 0 Å². The Bertz CT molecular complexity index is 388. The van der Waals surface area contributed by atoms with E-state index in [4.69, 9.17) is 0 Å². The number of methoxy groups -OCH3 is 1. The van der Waals surface area contributed by atoms with Gasteiger partial charge in [-0.3, -0.25) is 14.2 Å². The van der Waals surface area contributed by atoms with Crippen LogP contribution in [0, 0.1) is 17.3 Å². The zero-order valence-corrected chi connectivity index (χ0v) is 11.2. The number of carbonyl (C=O) groups excluding carboxylic acids is 2. The van der Waals surface area contributed by atoms with Crippen molar-refractivity contribution in [1.29, 1.82) is 0 Å². The van der Waals surface area contributed by atoms with Gasteiger partial charge >= 0.3 is 13.6 Å². The van der Waals surface area contributed by atoms with Gasteiger partial charge in [0.2, 0.25) is 5.52 Å². The predicted octanol–water partition coefficient (Wildman–Crippen LogP) is 1.18. The van der Waals surface area contributed by atoms with Crippen molar-refractivity contribution in [2.45, 2.75) is 20.8 Å². The van der Waals surface area contributed by atoms with Crippen LogP contribution in [-0.2, 0) is 23.4 Å². The molecule has 0 amide bonds. The molecule has 7 heteroatoms. The lowest BCUT2D eigenvalue weighted by Gasteiger charge is -2.09. The van der Waals surface area contributed by atoms with Crippen LogP contribution in [0.15, 0.2) is 0 Å². The molecule has 1 saturated carbocycles. The fraction of sp³-hybridized carbons (Fsp3) is 0.800. The zero-order valence-electron chi connectivity index (χ0n) is 10.3. The van der Waals surface area contributed by atoms with Gasteiger partial charge in [0, 0.05) is 5.92 Å². The molecular formula is C10H17O6P. The maximum atomic E-state index is 11.8. The molecule has 1 N–H and O–H groups in total. The Labute approximate surface area is 99.8 Å². The first-order valence-electron chi connectivity index (χ1n) is 5.29. The predicted molar refractivity (Wildman–Crippen MR) is 59.2 cm³/mol. The van der Waals surface area contributed by atoms with Gasteiger partial charge in [-0.05, 0) is 12.3 Å². The fourth-order valence-electron chi connectivity index (χ4n) is 2.08. The number of hydrogen-bond donors (Lipinski definition) is 1. The zero-order chi connectivity index (χ0) is 13.4. The van der Waals surface area contributed by atoms with Gasteiger partial charge in [-0.25, -0.2) is 0 Å². The SMILES string of the molecule is CCOP(=O)(O)C(=O)C1C(C(=O)OC)C1(C)C. The summed E-state index contributed by atoms with van der Waals surface area (Å²) in [7, 11) is -3.07. The number of rotatable bonds is 5. The molecule has 17 heavy (non-hydrogen) atoms. The molecule has 0 spiro atoms. The molecule has 0 bridgehead atoms. The number of hydrogen-bond acceptors (Lipinski definition) is 5. The highest BCUT2D eigenvalue weighted by atomic mass is 31.2. The molecule has 1 fully saturated rings. The van der Waals surface area contributed by atoms with Crippen LogP contribution in [0.2, 0.25) is 0 Å². The minimum Gasteiger partial charge on any atom is -0.469 e. The van der Waals surface area contributed by atoms with Gasteiger partial charge < -0.3 is 14.2 Å². The van der Waals surface area contributed by atoms with E-state index in [0.29, 0.717) is 0 Å². The van der Waals surface area contributed by atoms with E-state index < -0.39 is 36.3 Å². The number of esters is 1. The molecule has 0 aromatic rings. The lowest BCUT2D eigenvalue weighted by Crippen LogP contribution is -2.11. The number of carbonyl (C=O) groups is 2. The largest absolute Gasteiger partial charge is 0.469 e. The van der Waals surface area contributed by atoms with Crippen molar-refractivity contribution >= 4 is 19.1 Å². The topological polar surface area (TPSA) is 89.9 Å². The Morgan fingerprint density at radius 3 is 2.29 bits per heavy atom. The first-order chi connectivity index (χ1) is 7.70. The lowest BCUT2D eigenvalue weighted by atomic mass is 10.1. The highest BCUT2D eigenvalue weighted by Gasteiger charge is 2.69. The van der Waals surface area contributed by atoms with Gasteiger partial charge in [-0.15, -0.1) is 0 Å². The van der Waals surface area contributed by atoms with Crippen molar-refractivity contribution in [3.8, 4) is 0 Å². The van der Waals surface area contributed by atoms with Crippen molar-refractivity contribution in [1.82, 2.24) is 0 Å². The minimum atomic E-state index is -4.29. The Balaban J connectivity index is 2.86. The highest BCUT2D eigenvalue weighted by molar-refractivity contribution is 7.71. The van der Waals surface area contributed by atoms with Crippen molar-refractivity contribution in [3.63, 3.8) is 0 Å². The van der Waals surface area contributed by atoms with Crippen LogP contribution in [-0.4, -0.2) is 30.1 Å². The third kappa shape index (κ3) is 2.44. The van der Waals surface area contributed by atoms with Crippen molar-refractivity contribution in [2.24, 2.45) is 17.3 Å². The summed E-state index contributed by atoms with van der Waals surface area (Å²) in [5.74, 6) is -2.01. The Kier molecular flexibility index (Phi) is 3.81. The van der Waals surface area contributed by atoms with E-state index in [1.807, 2.05) is 0 Å². The molecule has 0 aromatic carbocycles. The molecule has 3 atom stereocenters. The second-order valence-electron chi connectivity index (χ2n) is 4.58. The summed E-state index contributed by atoms with van der Waals surface area (Å²) in [5, 5.41) is 0. The smallest absolute Gasteiger partial charge is 0.394 e. The van der Waals surface area contributed by atoms with E-state index in [1.54, 1.807) is 13.8 Å². The van der Waals surface area contributed by atoms with E-state index in [2.05, 4.69) is 9.26 Å². The van der Waals surface area contributed by atoms with E-state index in [1.165, 1.54) is 14.0 Å². The average Bonchev–Trinajstić information content (AvgIpc) is 2.79. The van der Waals surface area contributed by atoms with Gasteiger partial charge in [-0.1, -0.05) is 13.8 Å². The maximum absolute atomic E-state index is 11.8. The van der Waals surface area contributed by atoms with Crippen LogP contribution in [0.1, 0.15) is 20.8 Å². The molecule has 0 saturated heterocycles. The van der Waals surface area contributed by atoms with Crippen LogP contribution in [0.4, 0.5) is 0 Å². The van der Waals surface area contributed by atoms with Crippen molar-refractivity contribution < 1.29 is 28.3 Å². The summed E-state index contributed by atoms with van der Waals surface area (Å²) < 4.78 is 20.7. The van der Waals surface area contributed by atoms with Crippen LogP contribution in [0.25, 0.3) is 0 Å².